The molecule has 8 heteroatoms. The molecule has 2 heterocycles. The molecule has 0 unspecified atom stereocenters. The zero-order chi connectivity index (χ0) is 15.1. The minimum Gasteiger partial charge on any atom is -0.464 e. The van der Waals surface area contributed by atoms with Crippen LogP contribution in [-0.2, 0) is 24.0 Å². The molecule has 2 atom stereocenters. The van der Waals surface area contributed by atoms with Crippen LogP contribution in [0, 0.1) is 5.92 Å². The number of fused-ring (bicyclic) bond motifs is 1. The summed E-state index contributed by atoms with van der Waals surface area (Å²) < 4.78 is 5.36. The molecule has 1 saturated heterocycles. The molecule has 0 N–H and O–H groups in total. The van der Waals surface area contributed by atoms with Gasteiger partial charge in [0.1, 0.15) is 5.92 Å². The molecule has 1 fully saturated rings. The topological polar surface area (TPSA) is 85.3 Å². The Morgan fingerprint density at radius 1 is 1.29 bits per heavy atom. The highest BCUT2D eigenvalue weighted by atomic mass is 79.9. The van der Waals surface area contributed by atoms with Gasteiger partial charge in [-0.2, -0.15) is 0 Å². The van der Waals surface area contributed by atoms with E-state index in [9.17, 15) is 14.4 Å². The Morgan fingerprint density at radius 2 is 1.95 bits per heavy atom. The van der Waals surface area contributed by atoms with Gasteiger partial charge in [0.25, 0.3) is 5.91 Å². The van der Waals surface area contributed by atoms with Crippen LogP contribution < -0.4 is 4.90 Å². The van der Waals surface area contributed by atoms with Crippen LogP contribution in [0.25, 0.3) is 0 Å². The van der Waals surface area contributed by atoms with E-state index < -0.39 is 29.8 Å². The number of imide groups is 1. The molecule has 21 heavy (non-hydrogen) atoms. The van der Waals surface area contributed by atoms with Crippen molar-refractivity contribution in [2.75, 3.05) is 12.0 Å². The summed E-state index contributed by atoms with van der Waals surface area (Å²) in [7, 11) is 1.17. The van der Waals surface area contributed by atoms with Gasteiger partial charge in [-0.05, 0) is 24.3 Å². The van der Waals surface area contributed by atoms with Crippen molar-refractivity contribution in [2.45, 2.75) is 6.10 Å². The van der Waals surface area contributed by atoms with Crippen molar-refractivity contribution in [1.29, 1.82) is 0 Å². The Hall–Kier alpha value is -2.22. The van der Waals surface area contributed by atoms with Gasteiger partial charge in [0.15, 0.2) is 5.71 Å². The van der Waals surface area contributed by atoms with E-state index in [1.54, 1.807) is 24.3 Å². The number of halogens is 1. The fraction of sp³-hybridized carbons (Fsp3) is 0.231. The number of methoxy groups -OCH3 is 1. The third kappa shape index (κ3) is 2.02. The first-order valence-electron chi connectivity index (χ1n) is 6.00. The lowest BCUT2D eigenvalue weighted by Gasteiger charge is -2.15. The molecule has 1 aromatic carbocycles. The van der Waals surface area contributed by atoms with E-state index in [2.05, 4.69) is 25.8 Å². The van der Waals surface area contributed by atoms with E-state index >= 15 is 0 Å². The minimum atomic E-state index is -1.10. The largest absolute Gasteiger partial charge is 0.464 e. The van der Waals surface area contributed by atoms with Gasteiger partial charge in [-0.1, -0.05) is 21.1 Å². The predicted molar refractivity (Wildman–Crippen MR) is 74.4 cm³/mol. The number of esters is 1. The number of rotatable bonds is 2. The minimum absolute atomic E-state index is 0.180. The molecular formula is C13H9BrN2O5. The maximum absolute atomic E-state index is 12.4. The Balaban J connectivity index is 1.95. The smallest absolute Gasteiger partial charge is 0.356 e. The van der Waals surface area contributed by atoms with Crippen LogP contribution in [0.3, 0.4) is 0 Å². The second-order valence-corrected chi connectivity index (χ2v) is 5.38. The molecule has 0 aliphatic carbocycles. The lowest BCUT2D eigenvalue weighted by molar-refractivity contribution is -0.133. The highest BCUT2D eigenvalue weighted by molar-refractivity contribution is 9.10. The van der Waals surface area contributed by atoms with Crippen molar-refractivity contribution < 1.29 is 24.0 Å². The maximum atomic E-state index is 12.4. The molecule has 0 aromatic heterocycles. The maximum Gasteiger partial charge on any atom is 0.356 e. The van der Waals surface area contributed by atoms with Gasteiger partial charge >= 0.3 is 5.97 Å². The Labute approximate surface area is 127 Å². The quantitative estimate of drug-likeness (QED) is 0.582. The standard InChI is InChI=1S/C13H9BrN2O5/c1-20-13(19)9-8-10(21-15-9)12(18)16(11(8)17)7-4-2-6(14)3-5-7/h2-5,8,10H,1H3/t8-,10+/m0/s1. The van der Waals surface area contributed by atoms with Gasteiger partial charge in [-0.15, -0.1) is 0 Å². The summed E-state index contributed by atoms with van der Waals surface area (Å²) in [5, 5.41) is 3.50. The van der Waals surface area contributed by atoms with E-state index in [0.717, 1.165) is 9.37 Å². The lowest BCUT2D eigenvalue weighted by Crippen LogP contribution is -2.34. The lowest BCUT2D eigenvalue weighted by atomic mass is 10.00. The third-order valence-corrected chi connectivity index (χ3v) is 3.82. The van der Waals surface area contributed by atoms with Crippen molar-refractivity contribution in [3.8, 4) is 0 Å². The number of benzene rings is 1. The third-order valence-electron chi connectivity index (χ3n) is 3.29. The van der Waals surface area contributed by atoms with Crippen LogP contribution in [0.1, 0.15) is 0 Å². The zero-order valence-electron chi connectivity index (χ0n) is 10.8. The fourth-order valence-corrected chi connectivity index (χ4v) is 2.56. The number of amides is 2. The molecule has 0 radical (unpaired) electrons. The SMILES string of the molecule is COC(=O)C1=NO[C@H]2C(=O)N(c3ccc(Br)cc3)C(=O)[C@@H]12. The van der Waals surface area contributed by atoms with Crippen LogP contribution in [0.4, 0.5) is 5.69 Å². The van der Waals surface area contributed by atoms with E-state index in [4.69, 9.17) is 4.84 Å². The molecule has 2 aliphatic heterocycles. The Kier molecular flexibility index (Phi) is 3.25. The molecule has 3 rings (SSSR count). The first-order valence-corrected chi connectivity index (χ1v) is 6.79. The van der Waals surface area contributed by atoms with Crippen molar-refractivity contribution >= 4 is 45.1 Å². The summed E-state index contributed by atoms with van der Waals surface area (Å²) >= 11 is 3.28. The summed E-state index contributed by atoms with van der Waals surface area (Å²) in [6, 6.07) is 6.66. The van der Waals surface area contributed by atoms with Gasteiger partial charge in [0, 0.05) is 4.47 Å². The van der Waals surface area contributed by atoms with Gasteiger partial charge in [-0.25, -0.2) is 9.69 Å². The van der Waals surface area contributed by atoms with Gasteiger partial charge in [-0.3, -0.25) is 9.59 Å². The number of oxime groups is 1. The van der Waals surface area contributed by atoms with E-state index in [0.29, 0.717) is 5.69 Å². The molecule has 1 aromatic rings. The highest BCUT2D eigenvalue weighted by Gasteiger charge is 2.57. The average Bonchev–Trinajstić information content (AvgIpc) is 3.01. The van der Waals surface area contributed by atoms with E-state index in [-0.39, 0.29) is 5.71 Å². The second kappa shape index (κ2) is 4.96. The average molecular weight is 353 g/mol. The monoisotopic (exact) mass is 352 g/mol. The van der Waals surface area contributed by atoms with Crippen molar-refractivity contribution in [3.63, 3.8) is 0 Å². The first-order chi connectivity index (χ1) is 10.0. The van der Waals surface area contributed by atoms with Crippen LogP contribution in [-0.4, -0.2) is 36.7 Å². The highest BCUT2D eigenvalue weighted by Crippen LogP contribution is 2.33. The summed E-state index contributed by atoms with van der Waals surface area (Å²) in [5.74, 6) is -2.92. The molecule has 0 spiro atoms. The number of anilines is 1. The molecule has 0 bridgehead atoms. The normalized spacial score (nSPS) is 23.7. The van der Waals surface area contributed by atoms with Gasteiger partial charge in [0.2, 0.25) is 12.0 Å². The molecule has 2 aliphatic rings. The van der Waals surface area contributed by atoms with Gasteiger partial charge in [0.05, 0.1) is 12.8 Å². The first kappa shape index (κ1) is 13.7. The zero-order valence-corrected chi connectivity index (χ0v) is 12.4. The predicted octanol–water partition coefficient (Wildman–Crippen LogP) is 0.866. The number of hydrogen-bond acceptors (Lipinski definition) is 6. The van der Waals surface area contributed by atoms with E-state index in [1.165, 1.54) is 7.11 Å². The molecule has 2 amide bonds. The molecular weight excluding hydrogens is 344 g/mol. The number of hydrogen-bond donors (Lipinski definition) is 0. The summed E-state index contributed by atoms with van der Waals surface area (Å²) in [4.78, 5) is 42.2. The Morgan fingerprint density at radius 3 is 2.57 bits per heavy atom. The van der Waals surface area contributed by atoms with Crippen LogP contribution in [0.2, 0.25) is 0 Å². The van der Waals surface area contributed by atoms with Crippen molar-refractivity contribution in [1.82, 2.24) is 0 Å². The summed E-state index contributed by atoms with van der Waals surface area (Å²) in [6.07, 6.45) is -1.10. The second-order valence-electron chi connectivity index (χ2n) is 4.46. The fourth-order valence-electron chi connectivity index (χ4n) is 2.30. The summed E-state index contributed by atoms with van der Waals surface area (Å²) in [6.45, 7) is 0. The van der Waals surface area contributed by atoms with Crippen LogP contribution in [0.15, 0.2) is 33.9 Å². The van der Waals surface area contributed by atoms with Crippen molar-refractivity contribution in [2.24, 2.45) is 11.1 Å². The van der Waals surface area contributed by atoms with Crippen molar-refractivity contribution in [3.05, 3.63) is 28.7 Å². The number of carbonyl (C=O) groups excluding carboxylic acids is 3. The molecule has 108 valence electrons. The van der Waals surface area contributed by atoms with Crippen LogP contribution >= 0.6 is 15.9 Å². The Bertz CT molecular complexity index is 670. The number of nitrogens with zero attached hydrogens (tertiary/aromatic N) is 2. The molecule has 0 saturated carbocycles. The van der Waals surface area contributed by atoms with Crippen LogP contribution in [0.5, 0.6) is 0 Å². The summed E-state index contributed by atoms with van der Waals surface area (Å²) in [5.41, 5.74) is 0.232. The van der Waals surface area contributed by atoms with E-state index in [1.807, 2.05) is 0 Å². The molecule has 7 nitrogen and oxygen atoms in total. The number of carbonyl (C=O) groups is 3. The number of ether oxygens (including phenoxy) is 1. The van der Waals surface area contributed by atoms with Gasteiger partial charge < -0.3 is 9.57 Å².